The van der Waals surface area contributed by atoms with Crippen molar-refractivity contribution < 1.29 is 14.7 Å². The van der Waals surface area contributed by atoms with Crippen molar-refractivity contribution in [3.05, 3.63) is 78.4 Å². The Morgan fingerprint density at radius 3 is 2.46 bits per heavy atom. The number of nitrogens with one attached hydrogen (secondary N) is 1. The molecule has 0 aromatic heterocycles. The van der Waals surface area contributed by atoms with Crippen molar-refractivity contribution in [1.29, 1.82) is 0 Å². The van der Waals surface area contributed by atoms with Gasteiger partial charge < -0.3 is 10.4 Å². The van der Waals surface area contributed by atoms with Gasteiger partial charge in [-0.1, -0.05) is 42.5 Å². The van der Waals surface area contributed by atoms with Crippen LogP contribution in [0.2, 0.25) is 0 Å². The van der Waals surface area contributed by atoms with Crippen LogP contribution in [0.15, 0.2) is 72.8 Å². The van der Waals surface area contributed by atoms with Gasteiger partial charge in [0.1, 0.15) is 12.3 Å². The topological polar surface area (TPSA) is 69.6 Å². The molecule has 2 amide bonds. The fourth-order valence-electron chi connectivity index (χ4n) is 3.10. The van der Waals surface area contributed by atoms with Crippen LogP contribution < -0.4 is 10.2 Å². The molecule has 5 nitrogen and oxygen atoms in total. The van der Waals surface area contributed by atoms with Gasteiger partial charge in [-0.25, -0.2) is 0 Å². The van der Waals surface area contributed by atoms with Crippen LogP contribution in [0.4, 0.5) is 11.4 Å². The molecule has 0 spiro atoms. The highest BCUT2D eigenvalue weighted by Gasteiger charge is 2.27. The smallest absolute Gasteiger partial charge is 0.258 e. The number of rotatable bonds is 2. The SMILES string of the molecule is O=C1CN(C(=O)c2cc(O)cc(-c3ccccc3)c2)c2ccccc2N1. The average Bonchev–Trinajstić information content (AvgIpc) is 2.67. The number of phenols is 1. The maximum absolute atomic E-state index is 13.1. The molecule has 5 heteroatoms. The third kappa shape index (κ3) is 2.91. The predicted molar refractivity (Wildman–Crippen MR) is 100 cm³/mol. The molecule has 0 saturated heterocycles. The van der Waals surface area contributed by atoms with Crippen LogP contribution in [0.1, 0.15) is 10.4 Å². The quantitative estimate of drug-likeness (QED) is 0.745. The van der Waals surface area contributed by atoms with E-state index in [9.17, 15) is 14.7 Å². The van der Waals surface area contributed by atoms with Crippen LogP contribution in [0.3, 0.4) is 0 Å². The summed E-state index contributed by atoms with van der Waals surface area (Å²) < 4.78 is 0. The molecule has 0 aliphatic carbocycles. The lowest BCUT2D eigenvalue weighted by Gasteiger charge is -2.29. The van der Waals surface area contributed by atoms with Crippen LogP contribution in [-0.2, 0) is 4.79 Å². The fraction of sp³-hybridized carbons (Fsp3) is 0.0476. The lowest BCUT2D eigenvalue weighted by molar-refractivity contribution is -0.115. The molecule has 4 rings (SSSR count). The summed E-state index contributed by atoms with van der Waals surface area (Å²) in [5.41, 5.74) is 3.20. The number of benzene rings is 3. The van der Waals surface area contributed by atoms with Crippen molar-refractivity contribution in [3.8, 4) is 16.9 Å². The van der Waals surface area contributed by atoms with Gasteiger partial charge in [0, 0.05) is 5.56 Å². The number of carbonyl (C=O) groups is 2. The maximum atomic E-state index is 13.1. The Labute approximate surface area is 150 Å². The monoisotopic (exact) mass is 344 g/mol. The Hall–Kier alpha value is -3.60. The molecule has 1 aliphatic heterocycles. The van der Waals surface area contributed by atoms with Crippen molar-refractivity contribution in [2.24, 2.45) is 0 Å². The summed E-state index contributed by atoms with van der Waals surface area (Å²) in [6.07, 6.45) is 0. The number of aromatic hydroxyl groups is 1. The number of para-hydroxylation sites is 2. The van der Waals surface area contributed by atoms with Gasteiger partial charge in [0.25, 0.3) is 5.91 Å². The Morgan fingerprint density at radius 1 is 0.923 bits per heavy atom. The fourth-order valence-corrected chi connectivity index (χ4v) is 3.10. The molecule has 1 heterocycles. The van der Waals surface area contributed by atoms with Gasteiger partial charge in [0.15, 0.2) is 0 Å². The number of fused-ring (bicyclic) bond motifs is 1. The van der Waals surface area contributed by atoms with Gasteiger partial charge in [0.2, 0.25) is 5.91 Å². The second-order valence-corrected chi connectivity index (χ2v) is 6.09. The van der Waals surface area contributed by atoms with Crippen molar-refractivity contribution in [2.45, 2.75) is 0 Å². The van der Waals surface area contributed by atoms with E-state index in [0.29, 0.717) is 16.9 Å². The molecule has 128 valence electrons. The minimum absolute atomic E-state index is 0.00412. The van der Waals surface area contributed by atoms with Crippen molar-refractivity contribution in [1.82, 2.24) is 0 Å². The highest BCUT2D eigenvalue weighted by atomic mass is 16.3. The highest BCUT2D eigenvalue weighted by Crippen LogP contribution is 2.32. The first-order valence-corrected chi connectivity index (χ1v) is 8.22. The minimum atomic E-state index is -0.333. The van der Waals surface area contributed by atoms with Gasteiger partial charge in [0.05, 0.1) is 11.4 Å². The minimum Gasteiger partial charge on any atom is -0.508 e. The van der Waals surface area contributed by atoms with Gasteiger partial charge in [-0.2, -0.15) is 0 Å². The highest BCUT2D eigenvalue weighted by molar-refractivity contribution is 6.15. The maximum Gasteiger partial charge on any atom is 0.258 e. The summed E-state index contributed by atoms with van der Waals surface area (Å²) in [7, 11) is 0. The Balaban J connectivity index is 1.76. The van der Waals surface area contributed by atoms with Crippen molar-refractivity contribution >= 4 is 23.2 Å². The normalized spacial score (nSPS) is 13.1. The second kappa shape index (κ2) is 6.37. The van der Waals surface area contributed by atoms with Crippen LogP contribution in [0, 0.1) is 0 Å². The van der Waals surface area contributed by atoms with Gasteiger partial charge in [-0.05, 0) is 41.5 Å². The number of hydrogen-bond acceptors (Lipinski definition) is 3. The molecular formula is C21H16N2O3. The number of phenolic OH excluding ortho intramolecular Hbond substituents is 1. The molecule has 3 aromatic carbocycles. The lowest BCUT2D eigenvalue weighted by Crippen LogP contribution is -2.42. The standard InChI is InChI=1S/C21H16N2O3/c24-17-11-15(14-6-2-1-3-7-14)10-16(12-17)21(26)23-13-20(25)22-18-8-4-5-9-19(18)23/h1-12,24H,13H2,(H,22,25). The van der Waals surface area contributed by atoms with E-state index in [1.807, 2.05) is 36.4 Å². The summed E-state index contributed by atoms with van der Waals surface area (Å²) in [6, 6.07) is 21.4. The van der Waals surface area contributed by atoms with Crippen LogP contribution >= 0.6 is 0 Å². The molecule has 3 aromatic rings. The van der Waals surface area contributed by atoms with E-state index in [0.717, 1.165) is 11.1 Å². The molecule has 0 fully saturated rings. The number of anilines is 2. The summed E-state index contributed by atoms with van der Waals surface area (Å²) in [6.45, 7) is -0.0633. The molecule has 2 N–H and O–H groups in total. The Morgan fingerprint density at radius 2 is 1.65 bits per heavy atom. The zero-order valence-corrected chi connectivity index (χ0v) is 13.8. The van der Waals surface area contributed by atoms with E-state index in [-0.39, 0.29) is 24.1 Å². The van der Waals surface area contributed by atoms with E-state index in [1.54, 1.807) is 30.3 Å². The van der Waals surface area contributed by atoms with Crippen molar-refractivity contribution in [3.63, 3.8) is 0 Å². The first kappa shape index (κ1) is 15.9. The molecule has 0 atom stereocenters. The average molecular weight is 344 g/mol. The number of hydrogen-bond donors (Lipinski definition) is 2. The Kier molecular flexibility index (Phi) is 3.89. The van der Waals surface area contributed by atoms with E-state index >= 15 is 0 Å². The number of nitrogens with zero attached hydrogens (tertiary/aromatic N) is 1. The predicted octanol–water partition coefficient (Wildman–Crippen LogP) is 3.66. The number of carbonyl (C=O) groups excluding carboxylic acids is 2. The zero-order valence-electron chi connectivity index (χ0n) is 13.8. The van der Waals surface area contributed by atoms with Gasteiger partial charge in [-0.15, -0.1) is 0 Å². The van der Waals surface area contributed by atoms with E-state index in [2.05, 4.69) is 5.32 Å². The molecular weight excluding hydrogens is 328 g/mol. The summed E-state index contributed by atoms with van der Waals surface area (Å²) in [5.74, 6) is -0.578. The summed E-state index contributed by atoms with van der Waals surface area (Å²) >= 11 is 0. The number of amides is 2. The molecule has 0 bridgehead atoms. The lowest BCUT2D eigenvalue weighted by atomic mass is 10.0. The second-order valence-electron chi connectivity index (χ2n) is 6.09. The van der Waals surface area contributed by atoms with E-state index < -0.39 is 0 Å². The van der Waals surface area contributed by atoms with Crippen LogP contribution in [-0.4, -0.2) is 23.5 Å². The molecule has 0 saturated carbocycles. The van der Waals surface area contributed by atoms with Crippen molar-refractivity contribution in [2.75, 3.05) is 16.8 Å². The zero-order chi connectivity index (χ0) is 18.1. The molecule has 26 heavy (non-hydrogen) atoms. The first-order valence-electron chi connectivity index (χ1n) is 8.22. The third-order valence-corrected chi connectivity index (χ3v) is 4.29. The van der Waals surface area contributed by atoms with Crippen LogP contribution in [0.25, 0.3) is 11.1 Å². The van der Waals surface area contributed by atoms with Crippen LogP contribution in [0.5, 0.6) is 5.75 Å². The first-order chi connectivity index (χ1) is 12.6. The third-order valence-electron chi connectivity index (χ3n) is 4.29. The molecule has 0 radical (unpaired) electrons. The summed E-state index contributed by atoms with van der Waals surface area (Å²) in [4.78, 5) is 26.5. The largest absolute Gasteiger partial charge is 0.508 e. The van der Waals surface area contributed by atoms with Gasteiger partial charge in [-0.3, -0.25) is 14.5 Å². The van der Waals surface area contributed by atoms with E-state index in [4.69, 9.17) is 0 Å². The molecule has 1 aliphatic rings. The Bertz CT molecular complexity index is 999. The van der Waals surface area contributed by atoms with E-state index in [1.165, 1.54) is 11.0 Å². The molecule has 0 unspecified atom stereocenters. The summed E-state index contributed by atoms with van der Waals surface area (Å²) in [5, 5.41) is 12.9. The van der Waals surface area contributed by atoms with Gasteiger partial charge >= 0.3 is 0 Å².